The van der Waals surface area contributed by atoms with Gasteiger partial charge in [0.2, 0.25) is 0 Å². The fourth-order valence-electron chi connectivity index (χ4n) is 1.23. The maximum atomic E-state index is 12.1. The van der Waals surface area contributed by atoms with Crippen LogP contribution < -0.4 is 16.2 Å². The highest BCUT2D eigenvalue weighted by molar-refractivity contribution is 5.72. The van der Waals surface area contributed by atoms with Crippen molar-refractivity contribution in [2.45, 2.75) is 19.3 Å². The molecule has 0 amide bonds. The van der Waals surface area contributed by atoms with Gasteiger partial charge in [-0.15, -0.1) is 13.2 Å². The first-order valence-corrected chi connectivity index (χ1v) is 4.69. The van der Waals surface area contributed by atoms with Gasteiger partial charge in [-0.1, -0.05) is 0 Å². The van der Waals surface area contributed by atoms with Crippen molar-refractivity contribution in [1.82, 2.24) is 4.98 Å². The van der Waals surface area contributed by atoms with Gasteiger partial charge < -0.3 is 21.3 Å². The van der Waals surface area contributed by atoms with Gasteiger partial charge >= 0.3 is 12.3 Å². The summed E-state index contributed by atoms with van der Waals surface area (Å²) in [5.74, 6) is -1.83. The summed E-state index contributed by atoms with van der Waals surface area (Å²) in [5, 5.41) is 8.57. The van der Waals surface area contributed by atoms with Crippen molar-refractivity contribution in [3.05, 3.63) is 17.5 Å². The first-order valence-electron chi connectivity index (χ1n) is 4.69. The minimum absolute atomic E-state index is 0.0579. The number of halogens is 3. The molecule has 1 heterocycles. The van der Waals surface area contributed by atoms with Crippen molar-refractivity contribution in [2.75, 3.05) is 5.73 Å². The molecule has 0 radical (unpaired) electrons. The first kappa shape index (κ1) is 14.0. The third-order valence-corrected chi connectivity index (χ3v) is 1.91. The third kappa shape index (κ3) is 3.77. The number of nitrogens with two attached hydrogens (primary N) is 2. The maximum absolute atomic E-state index is 12.1. The van der Waals surface area contributed by atoms with Crippen molar-refractivity contribution in [3.8, 4) is 5.75 Å². The van der Waals surface area contributed by atoms with Gasteiger partial charge in [0.1, 0.15) is 0 Å². The number of rotatable bonds is 4. The number of hydrogen-bond acceptors (Lipinski definition) is 5. The highest BCUT2D eigenvalue weighted by atomic mass is 19.4. The Balaban J connectivity index is 3.14. The summed E-state index contributed by atoms with van der Waals surface area (Å²) in [6.07, 6.45) is -5.41. The Morgan fingerprint density at radius 2 is 2.06 bits per heavy atom. The molecule has 0 fully saturated rings. The summed E-state index contributed by atoms with van der Waals surface area (Å²) < 4.78 is 39.9. The molecule has 100 valence electrons. The Morgan fingerprint density at radius 3 is 2.50 bits per heavy atom. The number of nitrogens with zero attached hydrogens (tertiary/aromatic N) is 1. The second-order valence-corrected chi connectivity index (χ2v) is 3.29. The average Bonchev–Trinajstić information content (AvgIpc) is 2.19. The van der Waals surface area contributed by atoms with E-state index in [4.69, 9.17) is 16.6 Å². The number of hydrogen-bond donors (Lipinski definition) is 3. The van der Waals surface area contributed by atoms with Crippen molar-refractivity contribution >= 4 is 11.7 Å². The molecular weight excluding hydrogens is 255 g/mol. The molecular formula is C9H10F3N3O3. The van der Waals surface area contributed by atoms with Gasteiger partial charge in [0.05, 0.1) is 23.5 Å². The Hall–Kier alpha value is -2.03. The molecule has 0 aliphatic heterocycles. The lowest BCUT2D eigenvalue weighted by molar-refractivity contribution is -0.275. The van der Waals surface area contributed by atoms with E-state index < -0.39 is 24.5 Å². The molecule has 0 bridgehead atoms. The third-order valence-electron chi connectivity index (χ3n) is 1.91. The van der Waals surface area contributed by atoms with Crippen LogP contribution in [0.25, 0.3) is 0 Å². The number of aliphatic carboxylic acids is 1. The van der Waals surface area contributed by atoms with Crippen LogP contribution >= 0.6 is 0 Å². The fraction of sp³-hybridized carbons (Fsp3) is 0.333. The van der Waals surface area contributed by atoms with Crippen LogP contribution in [0.1, 0.15) is 11.4 Å². The van der Waals surface area contributed by atoms with Crippen LogP contribution in [0.4, 0.5) is 18.9 Å². The van der Waals surface area contributed by atoms with Gasteiger partial charge in [-0.3, -0.25) is 4.79 Å². The van der Waals surface area contributed by atoms with Crippen LogP contribution in [-0.4, -0.2) is 22.4 Å². The number of carboxylic acids is 1. The number of alkyl halides is 3. The summed E-state index contributed by atoms with van der Waals surface area (Å²) in [6.45, 7) is -0.335. The van der Waals surface area contributed by atoms with E-state index in [0.717, 1.165) is 6.07 Å². The smallest absolute Gasteiger partial charge is 0.481 e. The number of carbonyl (C=O) groups is 1. The van der Waals surface area contributed by atoms with E-state index in [-0.39, 0.29) is 23.6 Å². The molecule has 0 saturated heterocycles. The van der Waals surface area contributed by atoms with E-state index in [2.05, 4.69) is 9.72 Å². The summed E-state index contributed by atoms with van der Waals surface area (Å²) in [6, 6.07) is 0.862. The summed E-state index contributed by atoms with van der Waals surface area (Å²) >= 11 is 0. The second kappa shape index (κ2) is 5.08. The van der Waals surface area contributed by atoms with E-state index in [1.54, 1.807) is 0 Å². The van der Waals surface area contributed by atoms with Gasteiger partial charge in [-0.2, -0.15) is 0 Å². The van der Waals surface area contributed by atoms with E-state index in [1.807, 2.05) is 0 Å². The van der Waals surface area contributed by atoms with Crippen LogP contribution in [0, 0.1) is 0 Å². The zero-order chi connectivity index (χ0) is 13.9. The van der Waals surface area contributed by atoms with Gasteiger partial charge in [-0.05, 0) is 0 Å². The van der Waals surface area contributed by atoms with E-state index >= 15 is 0 Å². The van der Waals surface area contributed by atoms with Crippen LogP contribution in [0.3, 0.4) is 0 Å². The standard InChI is InChI=1S/C9H10F3N3O3/c10-9(11,12)18-7-1-4(14)5(2-8(16)17)15-6(7)3-13/h1H,2-3,13-14H2,(H,16,17). The Bertz CT molecular complexity index is 462. The summed E-state index contributed by atoms with van der Waals surface area (Å²) in [7, 11) is 0. The maximum Gasteiger partial charge on any atom is 0.573 e. The predicted molar refractivity (Wildman–Crippen MR) is 54.6 cm³/mol. The highest BCUT2D eigenvalue weighted by Gasteiger charge is 2.32. The minimum Gasteiger partial charge on any atom is -0.481 e. The minimum atomic E-state index is -4.90. The van der Waals surface area contributed by atoms with Crippen LogP contribution in [-0.2, 0) is 17.8 Å². The quantitative estimate of drug-likeness (QED) is 0.736. The molecule has 0 saturated carbocycles. The number of carboxylic acid groups (broad SMARTS) is 1. The normalized spacial score (nSPS) is 11.3. The SMILES string of the molecule is NCc1nc(CC(=O)O)c(N)cc1OC(F)(F)F. The zero-order valence-corrected chi connectivity index (χ0v) is 8.99. The van der Waals surface area contributed by atoms with Crippen molar-refractivity contribution in [3.63, 3.8) is 0 Å². The lowest BCUT2D eigenvalue weighted by Gasteiger charge is -2.14. The molecule has 18 heavy (non-hydrogen) atoms. The molecule has 1 aromatic rings. The molecule has 1 aromatic heterocycles. The monoisotopic (exact) mass is 265 g/mol. The van der Waals surface area contributed by atoms with Crippen molar-refractivity contribution in [1.29, 1.82) is 0 Å². The van der Waals surface area contributed by atoms with Crippen molar-refractivity contribution < 1.29 is 27.8 Å². The van der Waals surface area contributed by atoms with Gasteiger partial charge in [-0.25, -0.2) is 4.98 Å². The van der Waals surface area contributed by atoms with E-state index in [0.29, 0.717) is 0 Å². The fourth-order valence-corrected chi connectivity index (χ4v) is 1.23. The summed E-state index contributed by atoms with van der Waals surface area (Å²) in [4.78, 5) is 14.2. The molecule has 0 atom stereocenters. The molecule has 9 heteroatoms. The molecule has 0 spiro atoms. The molecule has 0 aliphatic carbocycles. The highest BCUT2D eigenvalue weighted by Crippen LogP contribution is 2.28. The molecule has 0 aromatic carbocycles. The largest absolute Gasteiger partial charge is 0.573 e. The van der Waals surface area contributed by atoms with Gasteiger partial charge in [0, 0.05) is 12.6 Å². The topological polar surface area (TPSA) is 111 Å². The zero-order valence-electron chi connectivity index (χ0n) is 8.99. The average molecular weight is 265 g/mol. The number of aromatic nitrogens is 1. The lowest BCUT2D eigenvalue weighted by Crippen LogP contribution is -2.20. The number of pyridine rings is 1. The summed E-state index contributed by atoms with van der Waals surface area (Å²) in [5.41, 5.74) is 10.2. The number of nitrogen functional groups attached to an aromatic ring is 1. The van der Waals surface area contributed by atoms with Crippen LogP contribution in [0.15, 0.2) is 6.07 Å². The molecule has 5 N–H and O–H groups in total. The second-order valence-electron chi connectivity index (χ2n) is 3.29. The van der Waals surface area contributed by atoms with Gasteiger partial charge in [0.25, 0.3) is 0 Å². The van der Waals surface area contributed by atoms with Crippen LogP contribution in [0.2, 0.25) is 0 Å². The van der Waals surface area contributed by atoms with Gasteiger partial charge in [0.15, 0.2) is 5.75 Å². The molecule has 1 rings (SSSR count). The lowest BCUT2D eigenvalue weighted by atomic mass is 10.2. The molecule has 0 unspecified atom stereocenters. The van der Waals surface area contributed by atoms with E-state index in [1.165, 1.54) is 0 Å². The Morgan fingerprint density at radius 1 is 1.44 bits per heavy atom. The molecule has 0 aliphatic rings. The first-order chi connectivity index (χ1) is 8.23. The predicted octanol–water partition coefficient (Wildman–Crippen LogP) is 0.648. The van der Waals surface area contributed by atoms with Crippen molar-refractivity contribution in [2.24, 2.45) is 5.73 Å². The number of anilines is 1. The molecule has 6 nitrogen and oxygen atoms in total. The Kier molecular flexibility index (Phi) is 3.96. The van der Waals surface area contributed by atoms with Crippen LogP contribution in [0.5, 0.6) is 5.75 Å². The Labute approximate surface area is 99.4 Å². The van der Waals surface area contributed by atoms with E-state index in [9.17, 15) is 18.0 Å². The number of ether oxygens (including phenoxy) is 1.